The van der Waals surface area contributed by atoms with E-state index in [4.69, 9.17) is 4.43 Å². The molecular weight excluding hydrogens is 380 g/mol. The molecule has 1 aromatic rings. The van der Waals surface area contributed by atoms with Crippen LogP contribution in [0.2, 0.25) is 16.1 Å². The van der Waals surface area contributed by atoms with E-state index in [1.807, 2.05) is 6.92 Å². The van der Waals surface area contributed by atoms with Gasteiger partial charge in [0.15, 0.2) is 0 Å². The molecule has 0 saturated carbocycles. The fraction of sp³-hybridized carbons (Fsp3) is 0.643. The van der Waals surface area contributed by atoms with Gasteiger partial charge in [0.25, 0.3) is 8.32 Å². The Morgan fingerprint density at radius 1 is 1.10 bits per heavy atom. The molecule has 1 rings (SSSR count). The molecule has 0 radical (unpaired) electrons. The standard InChI is InChI=1S/C28H46OSi/c1-11-12-13-16-24(4)17-14-18-25-19-15-20-26(21-25)29-30(22-23(2)3,27(5,6)7)28(8,9)10/h15,17,19-21,23H,13-14,16,18,22H2,1-10H3/b24-17+. The first-order valence-electron chi connectivity index (χ1n) is 11.7. The predicted octanol–water partition coefficient (Wildman–Crippen LogP) is 8.95. The molecule has 0 unspecified atom stereocenters. The molecule has 30 heavy (non-hydrogen) atoms. The quantitative estimate of drug-likeness (QED) is 0.217. The molecule has 1 nitrogen and oxygen atoms in total. The Hall–Kier alpha value is -1.46. The van der Waals surface area contributed by atoms with Crippen molar-refractivity contribution < 1.29 is 4.43 Å². The molecule has 168 valence electrons. The van der Waals surface area contributed by atoms with E-state index in [1.165, 1.54) is 17.2 Å². The van der Waals surface area contributed by atoms with Gasteiger partial charge < -0.3 is 4.43 Å². The minimum atomic E-state index is -2.12. The number of hydrogen-bond acceptors (Lipinski definition) is 1. The van der Waals surface area contributed by atoms with Crippen LogP contribution in [0.3, 0.4) is 0 Å². The van der Waals surface area contributed by atoms with E-state index in [-0.39, 0.29) is 10.1 Å². The summed E-state index contributed by atoms with van der Waals surface area (Å²) in [5, 5.41) is 0.319. The predicted molar refractivity (Wildman–Crippen MR) is 137 cm³/mol. The molecule has 0 bridgehead atoms. The Kier molecular flexibility index (Phi) is 9.96. The summed E-state index contributed by atoms with van der Waals surface area (Å²) in [5.41, 5.74) is 2.80. The minimum Gasteiger partial charge on any atom is -0.542 e. The molecule has 0 aliphatic heterocycles. The summed E-state index contributed by atoms with van der Waals surface area (Å²) < 4.78 is 7.08. The highest BCUT2D eigenvalue weighted by molar-refractivity contribution is 6.80. The fourth-order valence-corrected chi connectivity index (χ4v) is 10.4. The maximum absolute atomic E-state index is 7.08. The molecule has 0 atom stereocenters. The second-order valence-corrected chi connectivity index (χ2v) is 16.5. The fourth-order valence-electron chi connectivity index (χ4n) is 4.60. The van der Waals surface area contributed by atoms with Crippen LogP contribution in [0.4, 0.5) is 0 Å². The van der Waals surface area contributed by atoms with Crippen molar-refractivity contribution in [3.8, 4) is 17.6 Å². The lowest BCUT2D eigenvalue weighted by Crippen LogP contribution is -2.57. The largest absolute Gasteiger partial charge is 0.542 e. The van der Waals surface area contributed by atoms with Crippen molar-refractivity contribution in [3.63, 3.8) is 0 Å². The van der Waals surface area contributed by atoms with Crippen molar-refractivity contribution in [2.45, 2.75) is 111 Å². The van der Waals surface area contributed by atoms with Gasteiger partial charge in [0.1, 0.15) is 5.75 Å². The zero-order valence-corrected chi connectivity index (χ0v) is 22.4. The Morgan fingerprint density at radius 3 is 2.27 bits per heavy atom. The van der Waals surface area contributed by atoms with E-state index in [9.17, 15) is 0 Å². The second kappa shape index (κ2) is 11.2. The summed E-state index contributed by atoms with van der Waals surface area (Å²) in [6.07, 6.45) is 6.53. The van der Waals surface area contributed by atoms with Crippen LogP contribution >= 0.6 is 0 Å². The molecule has 0 amide bonds. The normalized spacial score (nSPS) is 13.2. The van der Waals surface area contributed by atoms with Crippen molar-refractivity contribution in [3.05, 3.63) is 41.5 Å². The number of aryl methyl sites for hydroxylation is 1. The van der Waals surface area contributed by atoms with Gasteiger partial charge in [0.2, 0.25) is 0 Å². The zero-order valence-electron chi connectivity index (χ0n) is 21.4. The van der Waals surface area contributed by atoms with Crippen molar-refractivity contribution in [1.29, 1.82) is 0 Å². The number of hydrogen-bond donors (Lipinski definition) is 0. The van der Waals surface area contributed by atoms with Crippen molar-refractivity contribution in [2.75, 3.05) is 0 Å². The van der Waals surface area contributed by atoms with Crippen LogP contribution in [0.25, 0.3) is 0 Å². The molecule has 0 heterocycles. The topological polar surface area (TPSA) is 9.23 Å². The maximum atomic E-state index is 7.08. The molecule has 0 saturated heterocycles. The highest BCUT2D eigenvalue weighted by atomic mass is 28.4. The molecule has 0 aliphatic carbocycles. The van der Waals surface area contributed by atoms with Gasteiger partial charge in [0.05, 0.1) is 0 Å². The Labute approximate surface area is 188 Å². The lowest BCUT2D eigenvalue weighted by molar-refractivity contribution is 0.406. The van der Waals surface area contributed by atoms with E-state index in [2.05, 4.69) is 104 Å². The SMILES string of the molecule is CC#CCC/C(C)=C/CCc1cccc(O[Si](CC(C)C)(C(C)(C)C)C(C)(C)C)c1. The van der Waals surface area contributed by atoms with Gasteiger partial charge in [-0.15, -0.1) is 11.8 Å². The summed E-state index contributed by atoms with van der Waals surface area (Å²) in [6.45, 7) is 23.1. The first kappa shape index (κ1) is 26.6. The van der Waals surface area contributed by atoms with Gasteiger partial charge >= 0.3 is 0 Å². The van der Waals surface area contributed by atoms with Crippen LogP contribution in [0, 0.1) is 17.8 Å². The van der Waals surface area contributed by atoms with Gasteiger partial charge in [-0.2, -0.15) is 0 Å². The third kappa shape index (κ3) is 7.66. The smallest absolute Gasteiger partial charge is 0.262 e. The second-order valence-electron chi connectivity index (χ2n) is 11.2. The number of allylic oxidation sites excluding steroid dienone is 2. The summed E-state index contributed by atoms with van der Waals surface area (Å²) in [6, 6.07) is 10.0. The average molecular weight is 427 g/mol. The molecule has 0 fully saturated rings. The number of benzene rings is 1. The summed E-state index contributed by atoms with van der Waals surface area (Å²) in [4.78, 5) is 0. The van der Waals surface area contributed by atoms with Crippen molar-refractivity contribution >= 4 is 8.32 Å². The van der Waals surface area contributed by atoms with Gasteiger partial charge in [-0.25, -0.2) is 0 Å². The Bertz CT molecular complexity index is 733. The molecule has 0 aliphatic rings. The lowest BCUT2D eigenvalue weighted by atomic mass is 10.1. The first-order chi connectivity index (χ1) is 13.8. The van der Waals surface area contributed by atoms with Crippen molar-refractivity contribution in [1.82, 2.24) is 0 Å². The third-order valence-electron chi connectivity index (χ3n) is 6.06. The number of rotatable bonds is 9. The van der Waals surface area contributed by atoms with Gasteiger partial charge in [-0.1, -0.05) is 79.2 Å². The van der Waals surface area contributed by atoms with E-state index in [0.29, 0.717) is 5.92 Å². The van der Waals surface area contributed by atoms with Gasteiger partial charge in [-0.05, 0) is 72.8 Å². The monoisotopic (exact) mass is 426 g/mol. The minimum absolute atomic E-state index is 0.159. The molecular formula is C28H46OSi. The van der Waals surface area contributed by atoms with Crippen LogP contribution in [-0.2, 0) is 6.42 Å². The maximum Gasteiger partial charge on any atom is 0.262 e. The average Bonchev–Trinajstić information content (AvgIpc) is 2.59. The Morgan fingerprint density at radius 2 is 1.73 bits per heavy atom. The molecule has 1 aromatic carbocycles. The van der Waals surface area contributed by atoms with E-state index in [1.54, 1.807) is 0 Å². The van der Waals surface area contributed by atoms with Crippen LogP contribution in [-0.4, -0.2) is 8.32 Å². The summed E-state index contributed by atoms with van der Waals surface area (Å²) >= 11 is 0. The lowest BCUT2D eigenvalue weighted by Gasteiger charge is -2.51. The zero-order chi connectivity index (χ0) is 23.0. The summed E-state index contributed by atoms with van der Waals surface area (Å²) in [5.74, 6) is 7.81. The molecule has 0 N–H and O–H groups in total. The van der Waals surface area contributed by atoms with E-state index >= 15 is 0 Å². The summed E-state index contributed by atoms with van der Waals surface area (Å²) in [7, 11) is -2.12. The molecule has 0 spiro atoms. The first-order valence-corrected chi connectivity index (χ1v) is 13.8. The highest BCUT2D eigenvalue weighted by Crippen LogP contribution is 2.54. The van der Waals surface area contributed by atoms with Gasteiger partial charge in [0, 0.05) is 6.42 Å². The van der Waals surface area contributed by atoms with Crippen LogP contribution in [0.15, 0.2) is 35.9 Å². The highest BCUT2D eigenvalue weighted by Gasteiger charge is 2.56. The van der Waals surface area contributed by atoms with Crippen LogP contribution in [0.1, 0.15) is 94.1 Å². The molecule has 0 aromatic heterocycles. The van der Waals surface area contributed by atoms with E-state index < -0.39 is 8.32 Å². The van der Waals surface area contributed by atoms with E-state index in [0.717, 1.165) is 31.4 Å². The van der Waals surface area contributed by atoms with Crippen LogP contribution in [0.5, 0.6) is 5.75 Å². The van der Waals surface area contributed by atoms with Gasteiger partial charge in [-0.3, -0.25) is 0 Å². The van der Waals surface area contributed by atoms with Crippen LogP contribution < -0.4 is 4.43 Å². The Balaban J connectivity index is 3.03. The molecule has 2 heteroatoms. The third-order valence-corrected chi connectivity index (χ3v) is 12.9. The van der Waals surface area contributed by atoms with Crippen molar-refractivity contribution in [2.24, 2.45) is 5.92 Å².